The summed E-state index contributed by atoms with van der Waals surface area (Å²) in [4.78, 5) is 1.22. The lowest BCUT2D eigenvalue weighted by Crippen LogP contribution is -2.09. The molecule has 1 atom stereocenters. The van der Waals surface area contributed by atoms with Crippen molar-refractivity contribution in [2.45, 2.75) is 25.3 Å². The monoisotopic (exact) mass is 376 g/mol. The summed E-state index contributed by atoms with van der Waals surface area (Å²) in [6.45, 7) is 0.755. The molecule has 0 radical (unpaired) electrons. The number of nitrogens with two attached hydrogens (primary N) is 2. The molecule has 0 saturated heterocycles. The number of hydrogen-bond donors (Lipinski definition) is 2. The van der Waals surface area contributed by atoms with Gasteiger partial charge < -0.3 is 11.5 Å². The van der Waals surface area contributed by atoms with Crippen molar-refractivity contribution in [1.82, 2.24) is 0 Å². The van der Waals surface area contributed by atoms with Gasteiger partial charge in [0.15, 0.2) is 0 Å². The van der Waals surface area contributed by atoms with Crippen molar-refractivity contribution in [2.24, 2.45) is 11.5 Å². The number of thiophene rings is 1. The zero-order valence-electron chi connectivity index (χ0n) is 8.21. The minimum atomic E-state index is 0. The Balaban J connectivity index is 0.00000196. The molecule has 88 valence electrons. The second kappa shape index (κ2) is 8.03. The molecule has 2 nitrogen and oxygen atoms in total. The Labute approximate surface area is 117 Å². The van der Waals surface area contributed by atoms with Crippen LogP contribution in [-0.4, -0.2) is 6.54 Å². The Bertz CT molecular complexity index is 274. The predicted molar refractivity (Wildman–Crippen MR) is 76.8 cm³/mol. The first-order valence-corrected chi connectivity index (χ1v) is 6.95. The SMILES string of the molecule is Cl.NCCCC[C@H](N)c1cc(Br)c(Br)s1. The molecule has 0 aliphatic rings. The maximum absolute atomic E-state index is 6.05. The molecule has 0 bridgehead atoms. The summed E-state index contributed by atoms with van der Waals surface area (Å²) in [6, 6.07) is 2.23. The van der Waals surface area contributed by atoms with E-state index in [1.165, 1.54) is 4.88 Å². The Morgan fingerprint density at radius 3 is 2.47 bits per heavy atom. The molecule has 1 heterocycles. The van der Waals surface area contributed by atoms with Crippen molar-refractivity contribution in [2.75, 3.05) is 6.54 Å². The van der Waals surface area contributed by atoms with Crippen molar-refractivity contribution in [1.29, 1.82) is 0 Å². The van der Waals surface area contributed by atoms with E-state index in [1.807, 2.05) is 0 Å². The number of rotatable bonds is 5. The predicted octanol–water partition coefficient (Wildman–Crippen LogP) is 3.82. The first-order valence-electron chi connectivity index (χ1n) is 4.55. The largest absolute Gasteiger partial charge is 0.330 e. The lowest BCUT2D eigenvalue weighted by molar-refractivity contribution is 0.598. The van der Waals surface area contributed by atoms with Gasteiger partial charge in [-0.2, -0.15) is 0 Å². The van der Waals surface area contributed by atoms with Crippen LogP contribution in [0.15, 0.2) is 14.3 Å². The van der Waals surface area contributed by atoms with Crippen LogP contribution in [0.2, 0.25) is 0 Å². The Kier molecular flexibility index (Phi) is 8.50. The summed E-state index contributed by atoms with van der Waals surface area (Å²) in [5.74, 6) is 0. The third kappa shape index (κ3) is 5.15. The van der Waals surface area contributed by atoms with E-state index in [-0.39, 0.29) is 18.4 Å². The van der Waals surface area contributed by atoms with Crippen molar-refractivity contribution < 1.29 is 0 Å². The Morgan fingerprint density at radius 2 is 2.00 bits per heavy atom. The third-order valence-electron chi connectivity index (χ3n) is 2.00. The van der Waals surface area contributed by atoms with Crippen LogP contribution in [0.1, 0.15) is 30.2 Å². The van der Waals surface area contributed by atoms with E-state index in [1.54, 1.807) is 11.3 Å². The molecule has 6 heteroatoms. The molecule has 1 aromatic rings. The van der Waals surface area contributed by atoms with Crippen LogP contribution < -0.4 is 11.5 Å². The van der Waals surface area contributed by atoms with Crippen LogP contribution in [0.3, 0.4) is 0 Å². The summed E-state index contributed by atoms with van der Waals surface area (Å²) in [7, 11) is 0. The topological polar surface area (TPSA) is 52.0 Å². The van der Waals surface area contributed by atoms with Gasteiger partial charge in [0, 0.05) is 15.4 Å². The molecular formula is C9H15Br2ClN2S. The Morgan fingerprint density at radius 1 is 1.33 bits per heavy atom. The highest BCUT2D eigenvalue weighted by atomic mass is 79.9. The minimum Gasteiger partial charge on any atom is -0.330 e. The summed E-state index contributed by atoms with van der Waals surface area (Å²) in [5, 5.41) is 0. The lowest BCUT2D eigenvalue weighted by atomic mass is 10.1. The molecule has 0 spiro atoms. The normalized spacial score (nSPS) is 12.3. The molecule has 0 saturated carbocycles. The van der Waals surface area contributed by atoms with Gasteiger partial charge in [0.1, 0.15) is 0 Å². The van der Waals surface area contributed by atoms with Crippen LogP contribution in [0, 0.1) is 0 Å². The number of unbranched alkanes of at least 4 members (excludes halogenated alkanes) is 1. The zero-order valence-corrected chi connectivity index (χ0v) is 13.0. The molecular weight excluding hydrogens is 363 g/mol. The van der Waals surface area contributed by atoms with E-state index < -0.39 is 0 Å². The molecule has 0 aliphatic carbocycles. The first kappa shape index (κ1) is 15.9. The molecule has 0 aromatic carbocycles. The minimum absolute atomic E-state index is 0. The van der Waals surface area contributed by atoms with E-state index in [2.05, 4.69) is 37.9 Å². The fraction of sp³-hybridized carbons (Fsp3) is 0.556. The van der Waals surface area contributed by atoms with Gasteiger partial charge in [-0.15, -0.1) is 23.7 Å². The summed E-state index contributed by atoms with van der Waals surface area (Å²) in [6.07, 6.45) is 3.17. The van der Waals surface area contributed by atoms with Crippen molar-refractivity contribution in [3.8, 4) is 0 Å². The first-order chi connectivity index (χ1) is 6.65. The van der Waals surface area contributed by atoms with Gasteiger partial charge in [-0.1, -0.05) is 6.42 Å². The van der Waals surface area contributed by atoms with Gasteiger partial charge in [0.25, 0.3) is 0 Å². The second-order valence-electron chi connectivity index (χ2n) is 3.16. The fourth-order valence-electron chi connectivity index (χ4n) is 1.20. The van der Waals surface area contributed by atoms with Crippen LogP contribution >= 0.6 is 55.6 Å². The van der Waals surface area contributed by atoms with Crippen molar-refractivity contribution in [3.63, 3.8) is 0 Å². The van der Waals surface area contributed by atoms with Crippen molar-refractivity contribution >= 4 is 55.6 Å². The maximum Gasteiger partial charge on any atom is 0.0843 e. The van der Waals surface area contributed by atoms with Crippen LogP contribution in [0.25, 0.3) is 0 Å². The van der Waals surface area contributed by atoms with Gasteiger partial charge in [0.2, 0.25) is 0 Å². The zero-order chi connectivity index (χ0) is 10.6. The lowest BCUT2D eigenvalue weighted by Gasteiger charge is -2.07. The highest BCUT2D eigenvalue weighted by molar-refractivity contribution is 9.13. The second-order valence-corrected chi connectivity index (χ2v) is 6.42. The molecule has 1 rings (SSSR count). The highest BCUT2D eigenvalue weighted by Gasteiger charge is 2.11. The quantitative estimate of drug-likeness (QED) is 0.765. The highest BCUT2D eigenvalue weighted by Crippen LogP contribution is 2.35. The van der Waals surface area contributed by atoms with E-state index in [9.17, 15) is 0 Å². The van der Waals surface area contributed by atoms with Gasteiger partial charge >= 0.3 is 0 Å². The van der Waals surface area contributed by atoms with Gasteiger partial charge in [-0.25, -0.2) is 0 Å². The maximum atomic E-state index is 6.05. The standard InChI is InChI=1S/C9H14Br2N2S.ClH/c10-6-5-8(14-9(6)11)7(13)3-1-2-4-12;/h5,7H,1-4,12-13H2;1H/t7-;/m0./s1. The van der Waals surface area contributed by atoms with Gasteiger partial charge in [-0.05, 0) is 57.3 Å². The van der Waals surface area contributed by atoms with E-state index in [0.717, 1.165) is 34.1 Å². The number of hydrogen-bond acceptors (Lipinski definition) is 3. The smallest absolute Gasteiger partial charge is 0.0843 e. The molecule has 0 fully saturated rings. The van der Waals surface area contributed by atoms with Crippen LogP contribution in [0.5, 0.6) is 0 Å². The van der Waals surface area contributed by atoms with Crippen molar-refractivity contribution in [3.05, 3.63) is 19.2 Å². The van der Waals surface area contributed by atoms with Crippen LogP contribution in [0.4, 0.5) is 0 Å². The average molecular weight is 379 g/mol. The van der Waals surface area contributed by atoms with Gasteiger partial charge in [-0.3, -0.25) is 0 Å². The molecule has 0 unspecified atom stereocenters. The van der Waals surface area contributed by atoms with Gasteiger partial charge in [0.05, 0.1) is 3.79 Å². The summed E-state index contributed by atoms with van der Waals surface area (Å²) >= 11 is 8.61. The van der Waals surface area contributed by atoms with Crippen LogP contribution in [-0.2, 0) is 0 Å². The van der Waals surface area contributed by atoms with E-state index in [0.29, 0.717) is 0 Å². The summed E-state index contributed by atoms with van der Waals surface area (Å²) < 4.78 is 2.20. The fourth-order valence-corrected chi connectivity index (χ4v) is 3.32. The third-order valence-corrected chi connectivity index (χ3v) is 5.39. The average Bonchev–Trinajstić information content (AvgIpc) is 2.47. The molecule has 15 heavy (non-hydrogen) atoms. The molecule has 0 amide bonds. The molecule has 0 aliphatic heterocycles. The molecule has 4 N–H and O–H groups in total. The molecule has 1 aromatic heterocycles. The number of halogens is 3. The van der Waals surface area contributed by atoms with E-state index >= 15 is 0 Å². The Hall–Kier alpha value is 0.870. The van der Waals surface area contributed by atoms with E-state index in [4.69, 9.17) is 11.5 Å². The summed E-state index contributed by atoms with van der Waals surface area (Å²) in [5.41, 5.74) is 11.5.